The van der Waals surface area contributed by atoms with Crippen LogP contribution in [0.1, 0.15) is 58.8 Å². The number of hydrogen-bond donors (Lipinski definition) is 3. The molecule has 34 heavy (non-hydrogen) atoms. The van der Waals surface area contributed by atoms with E-state index in [9.17, 15) is 22.8 Å². The molecule has 0 bridgehead atoms. The minimum atomic E-state index is -3.68. The minimum absolute atomic E-state index is 0.146. The number of ether oxygens (including phenoxy) is 1. The Morgan fingerprint density at radius 3 is 2.29 bits per heavy atom. The van der Waals surface area contributed by atoms with Crippen molar-refractivity contribution >= 4 is 33.5 Å². The van der Waals surface area contributed by atoms with Crippen LogP contribution in [0.15, 0.2) is 29.2 Å². The molecule has 0 spiro atoms. The lowest BCUT2D eigenvalue weighted by molar-refractivity contribution is -0.114. The summed E-state index contributed by atoms with van der Waals surface area (Å²) in [6.07, 6.45) is 0.914. The number of anilines is 1. The molecule has 0 unspecified atom stereocenters. The second-order valence-corrected chi connectivity index (χ2v) is 10.1. The smallest absolute Gasteiger partial charge is 0.340 e. The van der Waals surface area contributed by atoms with Crippen LogP contribution in [-0.4, -0.2) is 61.2 Å². The number of aryl methyl sites for hydroxylation is 1. The summed E-state index contributed by atoms with van der Waals surface area (Å²) >= 11 is 0. The number of hydrogen-bond acceptors (Lipinski definition) is 6. The lowest BCUT2D eigenvalue weighted by Gasteiger charge is -2.31. The van der Waals surface area contributed by atoms with E-state index in [0.717, 1.165) is 0 Å². The maximum Gasteiger partial charge on any atom is 0.340 e. The van der Waals surface area contributed by atoms with Crippen LogP contribution in [0.2, 0.25) is 0 Å². The molecular weight excluding hydrogens is 460 g/mol. The zero-order chi connectivity index (χ0) is 25.0. The zero-order valence-electron chi connectivity index (χ0n) is 19.7. The fourth-order valence-corrected chi connectivity index (χ4v) is 5.52. The van der Waals surface area contributed by atoms with Crippen molar-refractivity contribution in [2.45, 2.75) is 51.5 Å². The van der Waals surface area contributed by atoms with Gasteiger partial charge in [-0.05, 0) is 63.4 Å². The van der Waals surface area contributed by atoms with Gasteiger partial charge in [0, 0.05) is 37.4 Å². The minimum Gasteiger partial charge on any atom is -0.462 e. The lowest BCUT2D eigenvalue weighted by Crippen LogP contribution is -2.46. The highest BCUT2D eigenvalue weighted by Gasteiger charge is 2.31. The van der Waals surface area contributed by atoms with Crippen molar-refractivity contribution in [1.29, 1.82) is 0 Å². The molecule has 0 aliphatic carbocycles. The second kappa shape index (κ2) is 10.4. The largest absolute Gasteiger partial charge is 0.462 e. The number of H-pyrrole nitrogens is 1. The van der Waals surface area contributed by atoms with E-state index in [0.29, 0.717) is 41.0 Å². The molecule has 10 nitrogen and oxygen atoms in total. The fraction of sp³-hybridized carbons (Fsp3) is 0.435. The summed E-state index contributed by atoms with van der Waals surface area (Å²) in [7, 11) is -3.68. The van der Waals surface area contributed by atoms with Crippen molar-refractivity contribution in [1.82, 2.24) is 14.6 Å². The SMILES string of the molecule is CCOC(=O)c1c(C)[nH]c(C(=O)NC2CCN(S(=O)(=O)c3ccc(NC(C)=O)cc3)CC2)c1C. The van der Waals surface area contributed by atoms with E-state index in [1.54, 1.807) is 32.9 Å². The monoisotopic (exact) mass is 490 g/mol. The number of sulfonamides is 1. The number of esters is 1. The van der Waals surface area contributed by atoms with Gasteiger partial charge < -0.3 is 20.4 Å². The summed E-state index contributed by atoms with van der Waals surface area (Å²) in [5.41, 5.74) is 2.27. The molecule has 11 heteroatoms. The molecule has 0 atom stereocenters. The Bertz CT molecular complexity index is 1180. The molecule has 1 aromatic carbocycles. The van der Waals surface area contributed by atoms with Gasteiger partial charge in [-0.1, -0.05) is 0 Å². The first-order valence-corrected chi connectivity index (χ1v) is 12.5. The summed E-state index contributed by atoms with van der Waals surface area (Å²) < 4.78 is 32.4. The maximum absolute atomic E-state index is 13.0. The number of carbonyl (C=O) groups is 3. The van der Waals surface area contributed by atoms with Gasteiger partial charge >= 0.3 is 5.97 Å². The number of aromatic amines is 1. The Hall–Kier alpha value is -3.18. The highest BCUT2D eigenvalue weighted by Crippen LogP contribution is 2.23. The van der Waals surface area contributed by atoms with Gasteiger partial charge in [-0.15, -0.1) is 0 Å². The number of carbonyl (C=O) groups excluding carboxylic acids is 3. The van der Waals surface area contributed by atoms with Crippen molar-refractivity contribution in [3.8, 4) is 0 Å². The third-order valence-electron chi connectivity index (χ3n) is 5.75. The Morgan fingerprint density at radius 2 is 1.74 bits per heavy atom. The molecule has 2 heterocycles. The first-order chi connectivity index (χ1) is 16.0. The van der Waals surface area contributed by atoms with Crippen LogP contribution in [-0.2, 0) is 19.6 Å². The van der Waals surface area contributed by atoms with Gasteiger partial charge in [0.05, 0.1) is 17.1 Å². The summed E-state index contributed by atoms with van der Waals surface area (Å²) in [6.45, 7) is 7.26. The molecule has 1 fully saturated rings. The Labute approximate surface area is 199 Å². The highest BCUT2D eigenvalue weighted by atomic mass is 32.2. The molecule has 184 valence electrons. The molecular formula is C23H30N4O6S. The molecule has 0 saturated carbocycles. The maximum atomic E-state index is 13.0. The van der Waals surface area contributed by atoms with Crippen molar-refractivity contribution in [2.24, 2.45) is 0 Å². The molecule has 1 aliphatic rings. The highest BCUT2D eigenvalue weighted by molar-refractivity contribution is 7.89. The molecule has 2 aromatic rings. The van der Waals surface area contributed by atoms with E-state index in [1.807, 2.05) is 0 Å². The van der Waals surface area contributed by atoms with Gasteiger partial charge in [-0.2, -0.15) is 4.31 Å². The third kappa shape index (κ3) is 5.48. The predicted molar refractivity (Wildman–Crippen MR) is 126 cm³/mol. The molecule has 1 aromatic heterocycles. The molecule has 1 aliphatic heterocycles. The molecule has 0 radical (unpaired) electrons. The van der Waals surface area contributed by atoms with Crippen LogP contribution in [0.3, 0.4) is 0 Å². The van der Waals surface area contributed by atoms with Crippen LogP contribution >= 0.6 is 0 Å². The number of nitrogens with zero attached hydrogens (tertiary/aromatic N) is 1. The van der Waals surface area contributed by atoms with E-state index >= 15 is 0 Å². The van der Waals surface area contributed by atoms with Crippen molar-refractivity contribution < 1.29 is 27.5 Å². The van der Waals surface area contributed by atoms with Crippen LogP contribution < -0.4 is 10.6 Å². The number of benzene rings is 1. The van der Waals surface area contributed by atoms with E-state index in [2.05, 4.69) is 15.6 Å². The van der Waals surface area contributed by atoms with Crippen LogP contribution in [0.5, 0.6) is 0 Å². The van der Waals surface area contributed by atoms with Crippen LogP contribution in [0.25, 0.3) is 0 Å². The standard InChI is InChI=1S/C23H30N4O6S/c1-5-33-23(30)20-14(2)21(24-15(20)3)22(29)26-18-10-12-27(13-11-18)34(31,32)19-8-6-17(7-9-19)25-16(4)28/h6-9,18,24H,5,10-13H2,1-4H3,(H,25,28)(H,26,29). The van der Waals surface area contributed by atoms with Crippen LogP contribution in [0.4, 0.5) is 5.69 Å². The third-order valence-corrected chi connectivity index (χ3v) is 7.66. The van der Waals surface area contributed by atoms with Gasteiger partial charge in [-0.25, -0.2) is 13.2 Å². The number of piperidine rings is 1. The number of aromatic nitrogens is 1. The quantitative estimate of drug-likeness (QED) is 0.510. The molecule has 2 amide bonds. The lowest BCUT2D eigenvalue weighted by atomic mass is 10.1. The second-order valence-electron chi connectivity index (χ2n) is 8.20. The zero-order valence-corrected chi connectivity index (χ0v) is 20.5. The average molecular weight is 491 g/mol. The topological polar surface area (TPSA) is 138 Å². The molecule has 3 rings (SSSR count). The van der Waals surface area contributed by atoms with Gasteiger partial charge in [0.1, 0.15) is 5.69 Å². The van der Waals surface area contributed by atoms with Crippen molar-refractivity contribution in [2.75, 3.05) is 25.0 Å². The normalized spacial score (nSPS) is 15.1. The first kappa shape index (κ1) is 25.4. The van der Waals surface area contributed by atoms with Crippen LogP contribution in [0, 0.1) is 13.8 Å². The molecule has 3 N–H and O–H groups in total. The summed E-state index contributed by atoms with van der Waals surface area (Å²) in [4.78, 5) is 39.3. The summed E-state index contributed by atoms with van der Waals surface area (Å²) in [5.74, 6) is -1.05. The van der Waals surface area contributed by atoms with E-state index in [4.69, 9.17) is 4.74 Å². The van der Waals surface area contributed by atoms with Crippen molar-refractivity contribution in [3.63, 3.8) is 0 Å². The Kier molecular flexibility index (Phi) is 7.78. The van der Waals surface area contributed by atoms with E-state index < -0.39 is 16.0 Å². The summed E-state index contributed by atoms with van der Waals surface area (Å²) in [5, 5.41) is 5.55. The Morgan fingerprint density at radius 1 is 1.12 bits per heavy atom. The fourth-order valence-electron chi connectivity index (χ4n) is 4.05. The Balaban J connectivity index is 1.62. The average Bonchev–Trinajstić information content (AvgIpc) is 3.08. The summed E-state index contributed by atoms with van der Waals surface area (Å²) in [6, 6.07) is 5.83. The van der Waals surface area contributed by atoms with Gasteiger partial charge in [-0.3, -0.25) is 9.59 Å². The van der Waals surface area contributed by atoms with Gasteiger partial charge in [0.15, 0.2) is 0 Å². The number of nitrogens with one attached hydrogen (secondary N) is 3. The van der Waals surface area contributed by atoms with E-state index in [1.165, 1.54) is 23.4 Å². The van der Waals surface area contributed by atoms with E-state index in [-0.39, 0.29) is 42.4 Å². The predicted octanol–water partition coefficient (Wildman–Crippen LogP) is 2.35. The number of amides is 2. The van der Waals surface area contributed by atoms with Crippen molar-refractivity contribution in [3.05, 3.63) is 46.8 Å². The number of rotatable bonds is 7. The van der Waals surface area contributed by atoms with Gasteiger partial charge in [0.2, 0.25) is 15.9 Å². The first-order valence-electron chi connectivity index (χ1n) is 11.1. The van der Waals surface area contributed by atoms with Gasteiger partial charge in [0.25, 0.3) is 5.91 Å². The molecule has 1 saturated heterocycles.